The fourth-order valence-electron chi connectivity index (χ4n) is 1.22. The summed E-state index contributed by atoms with van der Waals surface area (Å²) in [5, 5.41) is 0. The maximum absolute atomic E-state index is 5.89. The Kier molecular flexibility index (Phi) is 6.47. The molecule has 1 saturated heterocycles. The van der Waals surface area contributed by atoms with E-state index in [1.807, 2.05) is 27.7 Å². The summed E-state index contributed by atoms with van der Waals surface area (Å²) in [5.74, 6) is 0.409. The molecule has 1 heterocycles. The van der Waals surface area contributed by atoms with Crippen LogP contribution < -0.4 is 51.4 Å². The van der Waals surface area contributed by atoms with Gasteiger partial charge in [0.05, 0.1) is 0 Å². The van der Waals surface area contributed by atoms with E-state index in [-0.39, 0.29) is 68.2 Å². The molecule has 0 aromatic heterocycles. The maximum Gasteiger partial charge on any atom is 1.00 e. The molecule has 1 aliphatic rings. The van der Waals surface area contributed by atoms with Crippen LogP contribution in [0.25, 0.3) is 0 Å². The molecule has 0 amide bonds. The van der Waals surface area contributed by atoms with Gasteiger partial charge in [-0.15, -0.1) is 0 Å². The van der Waals surface area contributed by atoms with Crippen molar-refractivity contribution in [1.82, 2.24) is 0 Å². The first-order valence-corrected chi connectivity index (χ1v) is 6.01. The van der Waals surface area contributed by atoms with Crippen molar-refractivity contribution in [3.8, 4) is 0 Å². The third kappa shape index (κ3) is 4.28. The molecule has 1 aliphatic heterocycles. The first-order valence-electron chi connectivity index (χ1n) is 6.01. The second-order valence-electron chi connectivity index (χ2n) is 6.42. The molecule has 0 aliphatic carbocycles. The zero-order valence-corrected chi connectivity index (χ0v) is 16.0. The van der Waals surface area contributed by atoms with Crippen LogP contribution >= 0.6 is 0 Å². The molecular weight excluding hydrogens is 242 g/mol. The first kappa shape index (κ1) is 18.6. The zero-order valence-electron chi connectivity index (χ0n) is 12.9. The molecule has 0 spiro atoms. The van der Waals surface area contributed by atoms with Gasteiger partial charge in [0.1, 0.15) is 0 Å². The van der Waals surface area contributed by atoms with Gasteiger partial charge in [-0.05, 0) is 47.5 Å². The van der Waals surface area contributed by atoms with Crippen LogP contribution in [0.4, 0.5) is 0 Å². The predicted octanol–water partition coefficient (Wildman–Crippen LogP) is 0.0305. The van der Waals surface area contributed by atoms with Crippen molar-refractivity contribution in [1.29, 1.82) is 0 Å². The van der Waals surface area contributed by atoms with E-state index in [9.17, 15) is 0 Å². The smallest absolute Gasteiger partial charge is 0.562 e. The van der Waals surface area contributed by atoms with E-state index in [1.165, 1.54) is 0 Å². The molecule has 0 aromatic rings. The van der Waals surface area contributed by atoms with E-state index in [2.05, 4.69) is 27.7 Å². The Morgan fingerprint density at radius 2 is 1.35 bits per heavy atom. The normalized spacial score (nSPS) is 23.8. The van der Waals surface area contributed by atoms with E-state index in [4.69, 9.17) is 14.0 Å². The third-order valence-electron chi connectivity index (χ3n) is 4.02. The summed E-state index contributed by atoms with van der Waals surface area (Å²) >= 11 is 0. The van der Waals surface area contributed by atoms with Crippen LogP contribution in [0.5, 0.6) is 0 Å². The second-order valence-corrected chi connectivity index (χ2v) is 6.42. The Hall–Kier alpha value is 1.58. The van der Waals surface area contributed by atoms with Gasteiger partial charge in [0.2, 0.25) is 0 Å². The van der Waals surface area contributed by atoms with Gasteiger partial charge in [-0.2, -0.15) is 0 Å². The first-order chi connectivity index (χ1) is 6.98. The minimum Gasteiger partial charge on any atom is -0.562 e. The van der Waals surface area contributed by atoms with Crippen molar-refractivity contribution < 1.29 is 65.3 Å². The molecule has 3 nitrogen and oxygen atoms in total. The minimum absolute atomic E-state index is 0. The van der Waals surface area contributed by atoms with E-state index in [1.54, 1.807) is 0 Å². The molecule has 1 fully saturated rings. The maximum atomic E-state index is 5.89. The molecule has 0 unspecified atom stereocenters. The summed E-state index contributed by atoms with van der Waals surface area (Å²) in [6, 6.07) is 0. The molecular formula is C12H25BKO3. The largest absolute Gasteiger partial charge is 1.00 e. The van der Waals surface area contributed by atoms with Crippen LogP contribution in [-0.2, 0) is 14.0 Å². The molecule has 1 rings (SSSR count). The molecule has 0 bridgehead atoms. The molecule has 5 heteroatoms. The fourth-order valence-corrected chi connectivity index (χ4v) is 1.22. The zero-order chi connectivity index (χ0) is 12.8. The van der Waals surface area contributed by atoms with Crippen molar-refractivity contribution >= 4 is 7.32 Å². The predicted molar refractivity (Wildman–Crippen MR) is 66.1 cm³/mol. The van der Waals surface area contributed by atoms with Crippen molar-refractivity contribution in [2.45, 2.75) is 72.2 Å². The van der Waals surface area contributed by atoms with Crippen LogP contribution in [0.1, 0.15) is 55.4 Å². The van der Waals surface area contributed by atoms with Crippen LogP contribution in [0.3, 0.4) is 0 Å². The summed E-state index contributed by atoms with van der Waals surface area (Å²) in [7, 11) is -0.567. The summed E-state index contributed by atoms with van der Waals surface area (Å²) in [5.41, 5.74) is -0.906. The number of hydrogen-bond donors (Lipinski definition) is 0. The van der Waals surface area contributed by atoms with Crippen molar-refractivity contribution in [2.24, 2.45) is 5.92 Å². The second kappa shape index (κ2) is 5.92. The Labute approximate surface area is 149 Å². The van der Waals surface area contributed by atoms with Crippen molar-refractivity contribution in [3.05, 3.63) is 0 Å². The average molecular weight is 267 g/mol. The standard InChI is InChI=1S/C12H25BO3.K/c1-9(2)10(3,4)14-13-15-11(5,6)12(7,8)16-13;/h9H,1-8H3;/q-1;+1. The summed E-state index contributed by atoms with van der Waals surface area (Å²) in [4.78, 5) is 0. The van der Waals surface area contributed by atoms with Gasteiger partial charge in [-0.1, -0.05) is 13.8 Å². The van der Waals surface area contributed by atoms with E-state index >= 15 is 0 Å². The Morgan fingerprint density at radius 3 is 1.65 bits per heavy atom. The summed E-state index contributed by atoms with van der Waals surface area (Å²) < 4.78 is 17.5. The SMILES string of the molecule is CC(C)C(C)(C)O[B-]1OC(C)(C)C(C)(C)O1.[K+]. The molecule has 0 saturated carbocycles. The van der Waals surface area contributed by atoms with Crippen LogP contribution in [0.15, 0.2) is 0 Å². The quantitative estimate of drug-likeness (QED) is 0.675. The number of rotatable bonds is 3. The Bertz CT molecular complexity index is 248. The topological polar surface area (TPSA) is 27.7 Å². The van der Waals surface area contributed by atoms with Crippen molar-refractivity contribution in [2.75, 3.05) is 0 Å². The Balaban J connectivity index is 0.00000256. The molecule has 1 radical (unpaired) electrons. The van der Waals surface area contributed by atoms with Crippen molar-refractivity contribution in [3.63, 3.8) is 0 Å². The van der Waals surface area contributed by atoms with Gasteiger partial charge in [0.25, 0.3) is 0 Å². The molecule has 0 atom stereocenters. The summed E-state index contributed by atoms with van der Waals surface area (Å²) in [6.07, 6.45) is 0. The molecule has 17 heavy (non-hydrogen) atoms. The van der Waals surface area contributed by atoms with Gasteiger partial charge in [-0.25, -0.2) is 0 Å². The Morgan fingerprint density at radius 1 is 1.00 bits per heavy atom. The van der Waals surface area contributed by atoms with Gasteiger partial charge in [0.15, 0.2) is 0 Å². The number of hydrogen-bond acceptors (Lipinski definition) is 3. The van der Waals surface area contributed by atoms with Crippen LogP contribution in [0.2, 0.25) is 0 Å². The summed E-state index contributed by atoms with van der Waals surface area (Å²) in [6.45, 7) is 16.5. The van der Waals surface area contributed by atoms with Gasteiger partial charge < -0.3 is 14.0 Å². The monoisotopic (exact) mass is 267 g/mol. The average Bonchev–Trinajstić information content (AvgIpc) is 2.17. The minimum atomic E-state index is -0.567. The third-order valence-corrected chi connectivity index (χ3v) is 4.02. The molecule has 0 aromatic carbocycles. The van der Waals surface area contributed by atoms with E-state index < -0.39 is 7.32 Å². The molecule has 95 valence electrons. The molecule has 0 N–H and O–H groups in total. The van der Waals surface area contributed by atoms with E-state index in [0.29, 0.717) is 5.92 Å². The van der Waals surface area contributed by atoms with Crippen LogP contribution in [-0.4, -0.2) is 24.1 Å². The van der Waals surface area contributed by atoms with Gasteiger partial charge >= 0.3 is 58.7 Å². The van der Waals surface area contributed by atoms with Gasteiger partial charge in [0, 0.05) is 16.8 Å². The van der Waals surface area contributed by atoms with Gasteiger partial charge in [-0.3, -0.25) is 0 Å². The van der Waals surface area contributed by atoms with E-state index in [0.717, 1.165) is 0 Å². The fraction of sp³-hybridized carbons (Fsp3) is 1.00. The van der Waals surface area contributed by atoms with Crippen LogP contribution in [0, 0.1) is 5.92 Å².